The summed E-state index contributed by atoms with van der Waals surface area (Å²) in [4.78, 5) is 0. The molecule has 1 aromatic rings. The van der Waals surface area contributed by atoms with Crippen LogP contribution in [0, 0.1) is 16.7 Å². The average molecular weight is 326 g/mol. The molecule has 104 valence electrons. The second-order valence-electron chi connectivity index (χ2n) is 5.31. The Kier molecular flexibility index (Phi) is 5.84. The van der Waals surface area contributed by atoms with E-state index in [1.165, 1.54) is 0 Å². The lowest BCUT2D eigenvalue weighted by atomic mass is 9.90. The number of rotatable bonds is 6. The van der Waals surface area contributed by atoms with Crippen LogP contribution in [0.2, 0.25) is 0 Å². The highest BCUT2D eigenvalue weighted by Gasteiger charge is 2.16. The Morgan fingerprint density at radius 3 is 2.74 bits per heavy atom. The molecule has 0 saturated carbocycles. The third-order valence-electron chi connectivity index (χ3n) is 2.93. The zero-order chi connectivity index (χ0) is 14.5. The van der Waals surface area contributed by atoms with Gasteiger partial charge < -0.3 is 9.84 Å². The molecule has 0 saturated heterocycles. The van der Waals surface area contributed by atoms with Gasteiger partial charge in [-0.2, -0.15) is 5.26 Å². The Bertz CT molecular complexity index is 464. The number of ether oxygens (including phenoxy) is 1. The van der Waals surface area contributed by atoms with Gasteiger partial charge in [0.2, 0.25) is 0 Å². The van der Waals surface area contributed by atoms with E-state index in [2.05, 4.69) is 22.0 Å². The summed E-state index contributed by atoms with van der Waals surface area (Å²) in [6, 6.07) is 7.87. The van der Waals surface area contributed by atoms with Crippen LogP contribution in [0.5, 0.6) is 5.75 Å². The molecule has 1 atom stereocenters. The van der Waals surface area contributed by atoms with Gasteiger partial charge in [0.1, 0.15) is 5.75 Å². The first-order chi connectivity index (χ1) is 8.85. The molecule has 3 nitrogen and oxygen atoms in total. The van der Waals surface area contributed by atoms with Gasteiger partial charge in [0, 0.05) is 10.0 Å². The van der Waals surface area contributed by atoms with Gasteiger partial charge in [-0.25, -0.2) is 0 Å². The Labute approximate surface area is 123 Å². The minimum Gasteiger partial charge on any atom is -0.493 e. The number of aliphatic hydroxyl groups excluding tert-OH is 1. The van der Waals surface area contributed by atoms with Crippen LogP contribution >= 0.6 is 15.9 Å². The molecule has 1 aromatic carbocycles. The fraction of sp³-hybridized carbons (Fsp3) is 0.533. The van der Waals surface area contributed by atoms with Crippen LogP contribution < -0.4 is 4.74 Å². The lowest BCUT2D eigenvalue weighted by Crippen LogP contribution is -2.10. The molecule has 0 heterocycles. The number of nitrogens with zero attached hydrogens (tertiary/aromatic N) is 1. The Morgan fingerprint density at radius 1 is 1.47 bits per heavy atom. The van der Waals surface area contributed by atoms with E-state index in [9.17, 15) is 5.11 Å². The quantitative estimate of drug-likeness (QED) is 0.797. The minimum atomic E-state index is -0.567. The zero-order valence-corrected chi connectivity index (χ0v) is 13.2. The summed E-state index contributed by atoms with van der Waals surface area (Å²) in [6.07, 6.45) is 1.04. The van der Waals surface area contributed by atoms with Crippen LogP contribution in [-0.4, -0.2) is 11.7 Å². The molecule has 4 heteroatoms. The highest BCUT2D eigenvalue weighted by Crippen LogP contribution is 2.29. The smallest absolute Gasteiger partial charge is 0.125 e. The summed E-state index contributed by atoms with van der Waals surface area (Å²) >= 11 is 3.38. The van der Waals surface area contributed by atoms with Gasteiger partial charge in [-0.1, -0.05) is 15.9 Å². The van der Waals surface area contributed by atoms with Crippen molar-refractivity contribution in [3.05, 3.63) is 28.2 Å². The van der Waals surface area contributed by atoms with Crippen LogP contribution in [-0.2, 0) is 0 Å². The van der Waals surface area contributed by atoms with Crippen molar-refractivity contribution in [3.8, 4) is 11.8 Å². The predicted octanol–water partition coefficient (Wildman–Crippen LogP) is 4.21. The van der Waals surface area contributed by atoms with E-state index >= 15 is 0 Å². The number of hydrogen-bond donors (Lipinski definition) is 1. The molecule has 0 aliphatic heterocycles. The average Bonchev–Trinajstić information content (AvgIpc) is 2.36. The molecule has 0 fully saturated rings. The molecule has 19 heavy (non-hydrogen) atoms. The van der Waals surface area contributed by atoms with E-state index < -0.39 is 6.10 Å². The molecule has 1 N–H and O–H groups in total. The first-order valence-corrected chi connectivity index (χ1v) is 7.16. The van der Waals surface area contributed by atoms with Gasteiger partial charge >= 0.3 is 0 Å². The molecular formula is C15H20BrNO2. The lowest BCUT2D eigenvalue weighted by Gasteiger charge is -2.17. The zero-order valence-electron chi connectivity index (χ0n) is 11.6. The SMILES string of the molecule is C[C@@H](O)c1cc(Br)ccc1OCCCC(C)(C)C#N. The maximum Gasteiger partial charge on any atom is 0.125 e. The van der Waals surface area contributed by atoms with Gasteiger partial charge in [0.05, 0.1) is 24.2 Å². The Hall–Kier alpha value is -1.05. The van der Waals surface area contributed by atoms with Crippen molar-refractivity contribution in [1.29, 1.82) is 5.26 Å². The molecule has 0 radical (unpaired) electrons. The van der Waals surface area contributed by atoms with Crippen LogP contribution in [0.4, 0.5) is 0 Å². The van der Waals surface area contributed by atoms with Gasteiger partial charge in [-0.3, -0.25) is 0 Å². The van der Waals surface area contributed by atoms with Crippen molar-refractivity contribution in [2.45, 2.75) is 39.7 Å². The van der Waals surface area contributed by atoms with Gasteiger partial charge in [-0.05, 0) is 51.8 Å². The number of aliphatic hydroxyl groups is 1. The molecule has 0 aromatic heterocycles. The van der Waals surface area contributed by atoms with Crippen molar-refractivity contribution in [2.75, 3.05) is 6.61 Å². The Morgan fingerprint density at radius 2 is 2.16 bits per heavy atom. The van der Waals surface area contributed by atoms with E-state index in [1.54, 1.807) is 6.92 Å². The van der Waals surface area contributed by atoms with Gasteiger partial charge in [-0.15, -0.1) is 0 Å². The number of halogens is 1. The molecule has 1 rings (SSSR count). The summed E-state index contributed by atoms with van der Waals surface area (Å²) in [5.74, 6) is 0.702. The van der Waals surface area contributed by atoms with Crippen LogP contribution in [0.3, 0.4) is 0 Å². The molecular weight excluding hydrogens is 306 g/mol. The predicted molar refractivity (Wildman–Crippen MR) is 78.9 cm³/mol. The van der Waals surface area contributed by atoms with Crippen molar-refractivity contribution in [3.63, 3.8) is 0 Å². The lowest BCUT2D eigenvalue weighted by molar-refractivity contribution is 0.190. The number of nitriles is 1. The summed E-state index contributed by atoms with van der Waals surface area (Å²) < 4.78 is 6.62. The first-order valence-electron chi connectivity index (χ1n) is 6.37. The third-order valence-corrected chi connectivity index (χ3v) is 3.42. The normalized spacial score (nSPS) is 12.8. The third kappa shape index (κ3) is 5.22. The van der Waals surface area contributed by atoms with Crippen molar-refractivity contribution >= 4 is 15.9 Å². The van der Waals surface area contributed by atoms with E-state index in [1.807, 2.05) is 32.0 Å². The second kappa shape index (κ2) is 6.93. The van der Waals surface area contributed by atoms with Crippen molar-refractivity contribution in [2.24, 2.45) is 5.41 Å². The summed E-state index contributed by atoms with van der Waals surface area (Å²) in [5.41, 5.74) is 0.463. The maximum atomic E-state index is 9.71. The summed E-state index contributed by atoms with van der Waals surface area (Å²) in [5, 5.41) is 18.6. The topological polar surface area (TPSA) is 53.2 Å². The molecule has 0 amide bonds. The molecule has 0 spiro atoms. The van der Waals surface area contributed by atoms with E-state index in [-0.39, 0.29) is 5.41 Å². The molecule has 0 bridgehead atoms. The van der Waals surface area contributed by atoms with Crippen LogP contribution in [0.15, 0.2) is 22.7 Å². The van der Waals surface area contributed by atoms with Gasteiger partial charge in [0.15, 0.2) is 0 Å². The van der Waals surface area contributed by atoms with Gasteiger partial charge in [0.25, 0.3) is 0 Å². The monoisotopic (exact) mass is 325 g/mol. The minimum absolute atomic E-state index is 0.309. The molecule has 0 unspecified atom stereocenters. The number of benzene rings is 1. The summed E-state index contributed by atoms with van der Waals surface area (Å²) in [7, 11) is 0. The molecule has 0 aliphatic rings. The second-order valence-corrected chi connectivity index (χ2v) is 6.22. The first kappa shape index (κ1) is 16.0. The highest BCUT2D eigenvalue weighted by atomic mass is 79.9. The van der Waals surface area contributed by atoms with E-state index in [0.717, 1.165) is 22.9 Å². The van der Waals surface area contributed by atoms with Crippen molar-refractivity contribution in [1.82, 2.24) is 0 Å². The largest absolute Gasteiger partial charge is 0.493 e. The number of hydrogen-bond acceptors (Lipinski definition) is 3. The van der Waals surface area contributed by atoms with Crippen molar-refractivity contribution < 1.29 is 9.84 Å². The van der Waals surface area contributed by atoms with Crippen LogP contribution in [0.25, 0.3) is 0 Å². The maximum absolute atomic E-state index is 9.71. The fourth-order valence-electron chi connectivity index (χ4n) is 1.73. The summed E-state index contributed by atoms with van der Waals surface area (Å²) in [6.45, 7) is 6.11. The van der Waals surface area contributed by atoms with E-state index in [4.69, 9.17) is 10.00 Å². The highest BCUT2D eigenvalue weighted by molar-refractivity contribution is 9.10. The van der Waals surface area contributed by atoms with Crippen LogP contribution in [0.1, 0.15) is 45.3 Å². The molecule has 0 aliphatic carbocycles. The standard InChI is InChI=1S/C15H20BrNO2/c1-11(18)13-9-12(16)5-6-14(13)19-8-4-7-15(2,3)10-17/h5-6,9,11,18H,4,7-8H2,1-3H3/t11-/m1/s1. The fourth-order valence-corrected chi connectivity index (χ4v) is 2.11. The van der Waals surface area contributed by atoms with E-state index in [0.29, 0.717) is 12.4 Å². The Balaban J connectivity index is 2.57.